The average molecular weight is 232 g/mol. The summed E-state index contributed by atoms with van der Waals surface area (Å²) in [6.07, 6.45) is 5.07. The number of carbonyl (C=O) groups is 1. The lowest BCUT2D eigenvalue weighted by molar-refractivity contribution is -0.134. The second-order valence-corrected chi connectivity index (χ2v) is 4.32. The summed E-state index contributed by atoms with van der Waals surface area (Å²) in [5.41, 5.74) is 1.34. The average Bonchev–Trinajstić information content (AvgIpc) is 2.68. The topological polar surface area (TPSA) is 46.5 Å². The first kappa shape index (κ1) is 11.9. The molecule has 1 aromatic carbocycles. The molecule has 3 heteroatoms. The third-order valence-corrected chi connectivity index (χ3v) is 3.24. The van der Waals surface area contributed by atoms with Crippen LogP contribution in [0, 0.1) is 0 Å². The van der Waals surface area contributed by atoms with Crippen LogP contribution in [-0.2, 0) is 21.6 Å². The zero-order valence-corrected chi connectivity index (χ0v) is 9.85. The van der Waals surface area contributed by atoms with E-state index in [0.29, 0.717) is 12.8 Å². The third kappa shape index (κ3) is 2.39. The van der Waals surface area contributed by atoms with Crippen molar-refractivity contribution in [3.05, 3.63) is 47.5 Å². The number of hydrogen-bond donors (Lipinski definition) is 1. The van der Waals surface area contributed by atoms with Crippen LogP contribution in [0.1, 0.15) is 24.0 Å². The van der Waals surface area contributed by atoms with Gasteiger partial charge in [-0.2, -0.15) is 0 Å². The Labute approximate surface area is 101 Å². The number of aryl methyl sites for hydroxylation is 1. The molecule has 2 rings (SSSR count). The molecule has 0 fully saturated rings. The van der Waals surface area contributed by atoms with Crippen LogP contribution in [0.4, 0.5) is 0 Å². The van der Waals surface area contributed by atoms with E-state index in [2.05, 4.69) is 4.74 Å². The lowest BCUT2D eigenvalue weighted by Crippen LogP contribution is -2.21. The molecule has 90 valence electrons. The number of aliphatic hydroxyl groups is 1. The van der Waals surface area contributed by atoms with Gasteiger partial charge >= 0.3 is 5.97 Å². The molecule has 0 saturated carbocycles. The molecule has 0 aliphatic heterocycles. The summed E-state index contributed by atoms with van der Waals surface area (Å²) in [7, 11) is 1.34. The number of rotatable bonds is 3. The van der Waals surface area contributed by atoms with E-state index in [1.807, 2.05) is 24.3 Å². The summed E-state index contributed by atoms with van der Waals surface area (Å²) in [5, 5.41) is 10.5. The monoisotopic (exact) mass is 232 g/mol. The normalized spacial score (nSPS) is 22.7. The molecule has 1 unspecified atom stereocenters. The highest BCUT2D eigenvalue weighted by atomic mass is 16.5. The van der Waals surface area contributed by atoms with Crippen molar-refractivity contribution in [1.82, 2.24) is 0 Å². The molecule has 0 bridgehead atoms. The van der Waals surface area contributed by atoms with E-state index >= 15 is 0 Å². The van der Waals surface area contributed by atoms with Gasteiger partial charge in [0.05, 0.1) is 12.7 Å². The molecule has 0 radical (unpaired) electrons. The van der Waals surface area contributed by atoms with Crippen molar-refractivity contribution in [3.8, 4) is 0 Å². The molecule has 1 atom stereocenters. The summed E-state index contributed by atoms with van der Waals surface area (Å²) >= 11 is 0. The molecule has 0 aromatic heterocycles. The van der Waals surface area contributed by atoms with Gasteiger partial charge in [0.15, 0.2) is 0 Å². The fraction of sp³-hybridized carbons (Fsp3) is 0.357. The number of hydrogen-bond acceptors (Lipinski definition) is 3. The van der Waals surface area contributed by atoms with Gasteiger partial charge in [-0.05, 0) is 30.4 Å². The molecule has 0 saturated heterocycles. The quantitative estimate of drug-likeness (QED) is 0.640. The number of ether oxygens (including phenoxy) is 1. The largest absolute Gasteiger partial charge is 0.466 e. The lowest BCUT2D eigenvalue weighted by atomic mass is 9.92. The highest BCUT2D eigenvalue weighted by Gasteiger charge is 2.34. The summed E-state index contributed by atoms with van der Waals surface area (Å²) in [5.74, 6) is -0.389. The predicted molar refractivity (Wildman–Crippen MR) is 64.4 cm³/mol. The molecule has 0 amide bonds. The molecule has 1 aliphatic carbocycles. The van der Waals surface area contributed by atoms with Gasteiger partial charge in [0.1, 0.15) is 0 Å². The minimum absolute atomic E-state index is 0.389. The van der Waals surface area contributed by atoms with Crippen LogP contribution in [0.3, 0.4) is 0 Å². The fourth-order valence-electron chi connectivity index (χ4n) is 2.30. The first-order valence-electron chi connectivity index (χ1n) is 5.71. The molecule has 1 aromatic rings. The second-order valence-electron chi connectivity index (χ2n) is 4.32. The first-order valence-corrected chi connectivity index (χ1v) is 5.71. The van der Waals surface area contributed by atoms with Gasteiger partial charge in [-0.15, -0.1) is 0 Å². The summed E-state index contributed by atoms with van der Waals surface area (Å²) in [6.45, 7) is 0. The molecular formula is C14H16O3. The summed E-state index contributed by atoms with van der Waals surface area (Å²) < 4.78 is 4.51. The number of benzene rings is 1. The number of esters is 1. The standard InChI is InChI=1S/C14H16O3/c1-17-13(15)7-4-9-14(16)10-8-11-5-2-3-6-12(11)14/h2-7,16H,8-10H2,1H3/b7-4+. The SMILES string of the molecule is COC(=O)/C=C/CC1(O)CCc2ccccc21. The van der Waals surface area contributed by atoms with Crippen molar-refractivity contribution < 1.29 is 14.6 Å². The number of fused-ring (bicyclic) bond motifs is 1. The molecule has 1 N–H and O–H groups in total. The smallest absolute Gasteiger partial charge is 0.330 e. The number of methoxy groups -OCH3 is 1. The number of carbonyl (C=O) groups excluding carboxylic acids is 1. The van der Waals surface area contributed by atoms with E-state index in [1.54, 1.807) is 6.08 Å². The first-order chi connectivity index (χ1) is 8.15. The Balaban J connectivity index is 2.12. The molecular weight excluding hydrogens is 216 g/mol. The Bertz CT molecular complexity index is 451. The molecule has 0 heterocycles. The van der Waals surface area contributed by atoms with Crippen molar-refractivity contribution in [1.29, 1.82) is 0 Å². The molecule has 0 spiro atoms. The van der Waals surface area contributed by atoms with Gasteiger partial charge in [-0.3, -0.25) is 0 Å². The van der Waals surface area contributed by atoms with E-state index in [9.17, 15) is 9.90 Å². The van der Waals surface area contributed by atoms with Crippen molar-refractivity contribution in [2.75, 3.05) is 7.11 Å². The van der Waals surface area contributed by atoms with Crippen molar-refractivity contribution in [3.63, 3.8) is 0 Å². The highest BCUT2D eigenvalue weighted by Crippen LogP contribution is 2.39. The van der Waals surface area contributed by atoms with Crippen LogP contribution in [0.25, 0.3) is 0 Å². The van der Waals surface area contributed by atoms with Gasteiger partial charge in [0.25, 0.3) is 0 Å². The van der Waals surface area contributed by atoms with Crippen LogP contribution in [-0.4, -0.2) is 18.2 Å². The zero-order chi connectivity index (χ0) is 12.3. The van der Waals surface area contributed by atoms with E-state index in [4.69, 9.17) is 0 Å². The van der Waals surface area contributed by atoms with E-state index < -0.39 is 5.60 Å². The maximum Gasteiger partial charge on any atom is 0.330 e. The minimum Gasteiger partial charge on any atom is -0.466 e. The van der Waals surface area contributed by atoms with Crippen LogP contribution in [0.5, 0.6) is 0 Å². The third-order valence-electron chi connectivity index (χ3n) is 3.24. The minimum atomic E-state index is -0.832. The maximum absolute atomic E-state index is 10.9. The Morgan fingerprint density at radius 3 is 3.06 bits per heavy atom. The van der Waals surface area contributed by atoms with E-state index in [1.165, 1.54) is 18.7 Å². The van der Waals surface area contributed by atoms with E-state index in [0.717, 1.165) is 12.0 Å². The van der Waals surface area contributed by atoms with Gasteiger partial charge in [-0.1, -0.05) is 30.3 Å². The molecule has 17 heavy (non-hydrogen) atoms. The van der Waals surface area contributed by atoms with E-state index in [-0.39, 0.29) is 5.97 Å². The van der Waals surface area contributed by atoms with Gasteiger partial charge in [0.2, 0.25) is 0 Å². The zero-order valence-electron chi connectivity index (χ0n) is 9.85. The summed E-state index contributed by atoms with van der Waals surface area (Å²) in [6, 6.07) is 7.90. The summed E-state index contributed by atoms with van der Waals surface area (Å²) in [4.78, 5) is 10.9. The predicted octanol–water partition coefficient (Wildman–Crippen LogP) is 1.94. The van der Waals surface area contributed by atoms with Crippen molar-refractivity contribution in [2.45, 2.75) is 24.9 Å². The van der Waals surface area contributed by atoms with Crippen LogP contribution < -0.4 is 0 Å². The Morgan fingerprint density at radius 2 is 2.29 bits per heavy atom. The van der Waals surface area contributed by atoms with Gasteiger partial charge in [0, 0.05) is 6.08 Å². The van der Waals surface area contributed by atoms with Crippen LogP contribution in [0.15, 0.2) is 36.4 Å². The lowest BCUT2D eigenvalue weighted by Gasteiger charge is -2.22. The van der Waals surface area contributed by atoms with Gasteiger partial charge < -0.3 is 9.84 Å². The van der Waals surface area contributed by atoms with Crippen molar-refractivity contribution >= 4 is 5.97 Å². The highest BCUT2D eigenvalue weighted by molar-refractivity contribution is 5.81. The second kappa shape index (κ2) is 4.72. The Kier molecular flexibility index (Phi) is 3.29. The Morgan fingerprint density at radius 1 is 1.53 bits per heavy atom. The van der Waals surface area contributed by atoms with Crippen molar-refractivity contribution in [2.24, 2.45) is 0 Å². The molecule has 1 aliphatic rings. The Hall–Kier alpha value is -1.61. The van der Waals surface area contributed by atoms with Crippen LogP contribution >= 0.6 is 0 Å². The fourth-order valence-corrected chi connectivity index (χ4v) is 2.30. The van der Waals surface area contributed by atoms with Gasteiger partial charge in [-0.25, -0.2) is 4.79 Å². The maximum atomic E-state index is 10.9. The molecule has 3 nitrogen and oxygen atoms in total. The van der Waals surface area contributed by atoms with Crippen LogP contribution in [0.2, 0.25) is 0 Å².